The average molecular weight is 233 g/mol. The van der Waals surface area contributed by atoms with Gasteiger partial charge in [0.2, 0.25) is 0 Å². The Balaban J connectivity index is 2.14. The second-order valence-electron chi connectivity index (χ2n) is 3.46. The molecule has 0 unspecified atom stereocenters. The minimum atomic E-state index is -0.521. The molecule has 1 aromatic heterocycles. The number of carbonyl (C=O) groups is 1. The highest BCUT2D eigenvalue weighted by Crippen LogP contribution is 2.11. The zero-order valence-corrected chi connectivity index (χ0v) is 9.20. The van der Waals surface area contributed by atoms with Crippen LogP contribution < -0.4 is 0 Å². The molecule has 1 heterocycles. The zero-order chi connectivity index (χ0) is 12.3. The van der Waals surface area contributed by atoms with Crippen molar-refractivity contribution in [2.45, 2.75) is 6.54 Å². The molecule has 0 aliphatic rings. The molecule has 2 aromatic rings. The number of hydrogen-bond donors (Lipinski definition) is 1. The molecule has 0 fully saturated rings. The second-order valence-corrected chi connectivity index (χ2v) is 3.46. The molecular formula is C11H11N3O3. The van der Waals surface area contributed by atoms with Crippen molar-refractivity contribution in [1.29, 1.82) is 0 Å². The quantitative estimate of drug-likeness (QED) is 0.794. The highest BCUT2D eigenvalue weighted by molar-refractivity contribution is 5.86. The van der Waals surface area contributed by atoms with Crippen molar-refractivity contribution >= 4 is 5.97 Å². The van der Waals surface area contributed by atoms with E-state index in [2.05, 4.69) is 15.0 Å². The number of phenols is 1. The predicted octanol–water partition coefficient (Wildman–Crippen LogP) is 0.819. The standard InChI is InChI=1S/C11H11N3O3/c1-17-11(16)10-7-14(13-12-10)6-8-3-2-4-9(15)5-8/h2-5,7,15H,6H2,1H3. The Morgan fingerprint density at radius 3 is 3.06 bits per heavy atom. The molecule has 2 rings (SSSR count). The first kappa shape index (κ1) is 11.1. The Bertz CT molecular complexity index is 536. The van der Waals surface area contributed by atoms with Crippen molar-refractivity contribution in [3.63, 3.8) is 0 Å². The van der Waals surface area contributed by atoms with Crippen molar-refractivity contribution in [3.8, 4) is 5.75 Å². The average Bonchev–Trinajstić information content (AvgIpc) is 2.76. The zero-order valence-electron chi connectivity index (χ0n) is 9.20. The fraction of sp³-hybridized carbons (Fsp3) is 0.182. The first-order valence-corrected chi connectivity index (χ1v) is 4.95. The third-order valence-electron chi connectivity index (χ3n) is 2.19. The summed E-state index contributed by atoms with van der Waals surface area (Å²) in [7, 11) is 1.29. The molecule has 6 heteroatoms. The molecule has 88 valence electrons. The molecule has 6 nitrogen and oxygen atoms in total. The molecule has 0 saturated heterocycles. The van der Waals surface area contributed by atoms with Crippen LogP contribution in [0.4, 0.5) is 0 Å². The van der Waals surface area contributed by atoms with Gasteiger partial charge in [0, 0.05) is 0 Å². The van der Waals surface area contributed by atoms with E-state index in [1.807, 2.05) is 6.07 Å². The number of esters is 1. The second kappa shape index (κ2) is 4.65. The molecular weight excluding hydrogens is 222 g/mol. The summed E-state index contributed by atoms with van der Waals surface area (Å²) in [6.45, 7) is 0.429. The van der Waals surface area contributed by atoms with Crippen LogP contribution in [0.3, 0.4) is 0 Å². The van der Waals surface area contributed by atoms with Gasteiger partial charge in [0.15, 0.2) is 5.69 Å². The summed E-state index contributed by atoms with van der Waals surface area (Å²) < 4.78 is 6.03. The van der Waals surface area contributed by atoms with Gasteiger partial charge in [-0.3, -0.25) is 0 Å². The number of benzene rings is 1. The Morgan fingerprint density at radius 2 is 2.35 bits per heavy atom. The topological polar surface area (TPSA) is 77.2 Å². The van der Waals surface area contributed by atoms with Crippen LogP contribution in [0, 0.1) is 0 Å². The normalized spacial score (nSPS) is 10.2. The van der Waals surface area contributed by atoms with Gasteiger partial charge < -0.3 is 9.84 Å². The molecule has 0 saturated carbocycles. The number of aromatic nitrogens is 3. The van der Waals surface area contributed by atoms with Crippen LogP contribution in [0.25, 0.3) is 0 Å². The van der Waals surface area contributed by atoms with E-state index in [1.165, 1.54) is 18.0 Å². The number of methoxy groups -OCH3 is 1. The van der Waals surface area contributed by atoms with Crippen LogP contribution in [0.1, 0.15) is 16.1 Å². The Labute approximate surface area is 97.4 Å². The minimum absolute atomic E-state index is 0.160. The lowest BCUT2D eigenvalue weighted by atomic mass is 10.2. The first-order valence-electron chi connectivity index (χ1n) is 4.95. The number of nitrogens with zero attached hydrogens (tertiary/aromatic N) is 3. The van der Waals surface area contributed by atoms with Gasteiger partial charge in [-0.25, -0.2) is 9.48 Å². The largest absolute Gasteiger partial charge is 0.508 e. The van der Waals surface area contributed by atoms with Gasteiger partial charge in [0.1, 0.15) is 5.75 Å². The van der Waals surface area contributed by atoms with Gasteiger partial charge in [-0.05, 0) is 17.7 Å². The molecule has 1 N–H and O–H groups in total. The van der Waals surface area contributed by atoms with Crippen LogP contribution in [0.15, 0.2) is 30.5 Å². The minimum Gasteiger partial charge on any atom is -0.508 e. The molecule has 0 atom stereocenters. The fourth-order valence-corrected chi connectivity index (χ4v) is 1.42. The monoisotopic (exact) mass is 233 g/mol. The number of carbonyl (C=O) groups excluding carboxylic acids is 1. The molecule has 0 spiro atoms. The molecule has 1 aromatic carbocycles. The van der Waals surface area contributed by atoms with E-state index in [0.717, 1.165) is 5.56 Å². The van der Waals surface area contributed by atoms with E-state index in [1.54, 1.807) is 18.2 Å². The van der Waals surface area contributed by atoms with Crippen LogP contribution in [-0.4, -0.2) is 33.2 Å². The number of rotatable bonds is 3. The maximum atomic E-state index is 11.2. The van der Waals surface area contributed by atoms with Gasteiger partial charge in [0.05, 0.1) is 19.9 Å². The van der Waals surface area contributed by atoms with Crippen molar-refractivity contribution < 1.29 is 14.6 Å². The van der Waals surface area contributed by atoms with Crippen molar-refractivity contribution in [2.24, 2.45) is 0 Å². The maximum Gasteiger partial charge on any atom is 0.360 e. The number of hydrogen-bond acceptors (Lipinski definition) is 5. The smallest absolute Gasteiger partial charge is 0.360 e. The molecule has 17 heavy (non-hydrogen) atoms. The highest BCUT2D eigenvalue weighted by Gasteiger charge is 2.10. The molecule has 0 aliphatic heterocycles. The van der Waals surface area contributed by atoms with E-state index >= 15 is 0 Å². The van der Waals surface area contributed by atoms with Gasteiger partial charge in [-0.15, -0.1) is 5.10 Å². The number of phenolic OH excluding ortho intramolecular Hbond substituents is 1. The lowest BCUT2D eigenvalue weighted by molar-refractivity contribution is 0.0594. The van der Waals surface area contributed by atoms with Gasteiger partial charge in [-0.1, -0.05) is 17.3 Å². The van der Waals surface area contributed by atoms with Gasteiger partial charge in [0.25, 0.3) is 0 Å². The summed E-state index contributed by atoms with van der Waals surface area (Å²) in [6, 6.07) is 6.80. The summed E-state index contributed by atoms with van der Waals surface area (Å²) >= 11 is 0. The summed E-state index contributed by atoms with van der Waals surface area (Å²) in [4.78, 5) is 11.2. The van der Waals surface area contributed by atoms with E-state index in [-0.39, 0.29) is 11.4 Å². The Morgan fingerprint density at radius 1 is 1.53 bits per heavy atom. The summed E-state index contributed by atoms with van der Waals surface area (Å²) in [5.41, 5.74) is 1.03. The van der Waals surface area contributed by atoms with E-state index < -0.39 is 5.97 Å². The predicted molar refractivity (Wildman–Crippen MR) is 58.6 cm³/mol. The Kier molecular flexibility index (Phi) is 3.04. The summed E-state index contributed by atoms with van der Waals surface area (Å²) in [5.74, 6) is -0.331. The third-order valence-corrected chi connectivity index (χ3v) is 2.19. The van der Waals surface area contributed by atoms with Crippen LogP contribution >= 0.6 is 0 Å². The Hall–Kier alpha value is -2.37. The summed E-state index contributed by atoms with van der Waals surface area (Å²) in [6.07, 6.45) is 1.50. The van der Waals surface area contributed by atoms with Crippen molar-refractivity contribution in [1.82, 2.24) is 15.0 Å². The molecule has 0 amide bonds. The van der Waals surface area contributed by atoms with E-state index in [0.29, 0.717) is 6.54 Å². The number of aromatic hydroxyl groups is 1. The number of ether oxygens (including phenoxy) is 1. The van der Waals surface area contributed by atoms with Gasteiger partial charge >= 0.3 is 5.97 Å². The lowest BCUT2D eigenvalue weighted by Gasteiger charge is -2.00. The first-order chi connectivity index (χ1) is 8.19. The third kappa shape index (κ3) is 2.60. The molecule has 0 aliphatic carbocycles. The van der Waals surface area contributed by atoms with E-state index in [4.69, 9.17) is 0 Å². The summed E-state index contributed by atoms with van der Waals surface area (Å²) in [5, 5.41) is 16.8. The molecule has 0 bridgehead atoms. The molecule has 0 radical (unpaired) electrons. The van der Waals surface area contributed by atoms with Crippen LogP contribution in [-0.2, 0) is 11.3 Å². The van der Waals surface area contributed by atoms with Crippen molar-refractivity contribution in [2.75, 3.05) is 7.11 Å². The SMILES string of the molecule is COC(=O)c1cn(Cc2cccc(O)c2)nn1. The van der Waals surface area contributed by atoms with Crippen LogP contribution in [0.2, 0.25) is 0 Å². The highest BCUT2D eigenvalue weighted by atomic mass is 16.5. The van der Waals surface area contributed by atoms with Crippen LogP contribution in [0.5, 0.6) is 5.75 Å². The van der Waals surface area contributed by atoms with E-state index in [9.17, 15) is 9.90 Å². The fourth-order valence-electron chi connectivity index (χ4n) is 1.42. The van der Waals surface area contributed by atoms with Gasteiger partial charge in [-0.2, -0.15) is 0 Å². The maximum absolute atomic E-state index is 11.2. The van der Waals surface area contributed by atoms with Crippen molar-refractivity contribution in [3.05, 3.63) is 41.7 Å². The lowest BCUT2D eigenvalue weighted by Crippen LogP contribution is -2.01.